The summed E-state index contributed by atoms with van der Waals surface area (Å²) in [7, 11) is 0. The van der Waals surface area contributed by atoms with Gasteiger partial charge in [0.05, 0.1) is 5.56 Å². The minimum absolute atomic E-state index is 0.0491. The Morgan fingerprint density at radius 3 is 2.53 bits per heavy atom. The lowest BCUT2D eigenvalue weighted by atomic mass is 10.2. The summed E-state index contributed by atoms with van der Waals surface area (Å²) in [6.45, 7) is 0. The standard InChI is InChI=1S/C13H9BrClFN2O/c14-7-1-3-12(10(16)5-7)19-11-4-2-8(15)6-9(11)13(17)18/h1-6H,(H3,17,18). The first-order valence-corrected chi connectivity index (χ1v) is 6.41. The number of nitrogens with one attached hydrogen (secondary N) is 1. The van der Waals surface area contributed by atoms with E-state index in [1.165, 1.54) is 18.2 Å². The maximum Gasteiger partial charge on any atom is 0.166 e. The van der Waals surface area contributed by atoms with Gasteiger partial charge in [-0.25, -0.2) is 4.39 Å². The highest BCUT2D eigenvalue weighted by Gasteiger charge is 2.11. The molecular weight excluding hydrogens is 335 g/mol. The van der Waals surface area contributed by atoms with Crippen LogP contribution >= 0.6 is 27.5 Å². The predicted octanol–water partition coefficient (Wildman–Crippen LogP) is 4.32. The molecule has 0 aliphatic carbocycles. The van der Waals surface area contributed by atoms with Gasteiger partial charge in [-0.05, 0) is 36.4 Å². The van der Waals surface area contributed by atoms with Crippen molar-refractivity contribution in [3.05, 3.63) is 57.3 Å². The summed E-state index contributed by atoms with van der Waals surface area (Å²) in [6, 6.07) is 9.05. The van der Waals surface area contributed by atoms with Crippen LogP contribution in [0.15, 0.2) is 40.9 Å². The Kier molecular flexibility index (Phi) is 4.07. The first-order chi connectivity index (χ1) is 8.97. The Balaban J connectivity index is 2.40. The van der Waals surface area contributed by atoms with Gasteiger partial charge in [0.2, 0.25) is 0 Å². The zero-order chi connectivity index (χ0) is 14.0. The molecule has 0 amide bonds. The van der Waals surface area contributed by atoms with Crippen LogP contribution in [0.2, 0.25) is 5.02 Å². The second-order valence-corrected chi connectivity index (χ2v) is 5.08. The number of nitrogen functional groups attached to an aromatic ring is 1. The molecule has 0 unspecified atom stereocenters. The molecule has 0 radical (unpaired) electrons. The van der Waals surface area contributed by atoms with E-state index < -0.39 is 5.82 Å². The van der Waals surface area contributed by atoms with Crippen LogP contribution in [0.4, 0.5) is 4.39 Å². The lowest BCUT2D eigenvalue weighted by Crippen LogP contribution is -2.12. The molecule has 0 saturated heterocycles. The third kappa shape index (κ3) is 3.24. The summed E-state index contributed by atoms with van der Waals surface area (Å²) >= 11 is 8.99. The molecule has 0 atom stereocenters. The van der Waals surface area contributed by atoms with Crippen molar-refractivity contribution in [2.75, 3.05) is 0 Å². The first kappa shape index (κ1) is 13.8. The van der Waals surface area contributed by atoms with Gasteiger partial charge in [0.15, 0.2) is 11.6 Å². The summed E-state index contributed by atoms with van der Waals surface area (Å²) in [5, 5.41) is 7.89. The predicted molar refractivity (Wildman–Crippen MR) is 76.6 cm³/mol. The highest BCUT2D eigenvalue weighted by molar-refractivity contribution is 9.10. The van der Waals surface area contributed by atoms with E-state index in [4.69, 9.17) is 27.5 Å². The Morgan fingerprint density at radius 1 is 1.21 bits per heavy atom. The van der Waals surface area contributed by atoms with Crippen molar-refractivity contribution in [2.24, 2.45) is 5.73 Å². The molecule has 2 aromatic carbocycles. The summed E-state index contributed by atoms with van der Waals surface area (Å²) in [4.78, 5) is 0. The first-order valence-electron chi connectivity index (χ1n) is 5.24. The van der Waals surface area contributed by atoms with Crippen molar-refractivity contribution in [3.8, 4) is 11.5 Å². The summed E-state index contributed by atoms with van der Waals surface area (Å²) < 4.78 is 19.7. The summed E-state index contributed by atoms with van der Waals surface area (Å²) in [6.07, 6.45) is 0. The highest BCUT2D eigenvalue weighted by atomic mass is 79.9. The zero-order valence-corrected chi connectivity index (χ0v) is 11.9. The van der Waals surface area contributed by atoms with Crippen LogP contribution in [0.3, 0.4) is 0 Å². The fourth-order valence-electron chi connectivity index (χ4n) is 1.48. The van der Waals surface area contributed by atoms with Crippen LogP contribution in [0, 0.1) is 11.2 Å². The van der Waals surface area contributed by atoms with E-state index in [0.717, 1.165) is 0 Å². The minimum atomic E-state index is -0.515. The Labute approximate surface area is 122 Å². The molecule has 3 nitrogen and oxygen atoms in total. The average molecular weight is 344 g/mol. The van der Waals surface area contributed by atoms with Crippen LogP contribution in [0.25, 0.3) is 0 Å². The van der Waals surface area contributed by atoms with Crippen LogP contribution in [-0.4, -0.2) is 5.84 Å². The average Bonchev–Trinajstić information content (AvgIpc) is 2.34. The number of rotatable bonds is 3. The van der Waals surface area contributed by atoms with Crippen LogP contribution in [0.1, 0.15) is 5.56 Å². The van der Waals surface area contributed by atoms with E-state index in [-0.39, 0.29) is 17.3 Å². The molecule has 0 aliphatic rings. The molecule has 19 heavy (non-hydrogen) atoms. The SMILES string of the molecule is N=C(N)c1cc(Cl)ccc1Oc1ccc(Br)cc1F. The van der Waals surface area contributed by atoms with Crippen molar-refractivity contribution < 1.29 is 9.13 Å². The zero-order valence-electron chi connectivity index (χ0n) is 9.58. The molecule has 0 fully saturated rings. The van der Waals surface area contributed by atoms with Gasteiger partial charge in [0, 0.05) is 9.50 Å². The van der Waals surface area contributed by atoms with Crippen molar-refractivity contribution in [3.63, 3.8) is 0 Å². The number of hydrogen-bond acceptors (Lipinski definition) is 2. The molecule has 2 rings (SSSR count). The van der Waals surface area contributed by atoms with Gasteiger partial charge in [-0.2, -0.15) is 0 Å². The molecule has 0 heterocycles. The molecule has 98 valence electrons. The largest absolute Gasteiger partial charge is 0.454 e. The molecule has 0 bridgehead atoms. The number of halogens is 3. The second-order valence-electron chi connectivity index (χ2n) is 3.73. The molecule has 3 N–H and O–H groups in total. The van der Waals surface area contributed by atoms with Gasteiger partial charge in [-0.3, -0.25) is 5.41 Å². The number of nitrogens with two attached hydrogens (primary N) is 1. The Bertz CT molecular complexity index is 649. The van der Waals surface area contributed by atoms with E-state index >= 15 is 0 Å². The van der Waals surface area contributed by atoms with Crippen LogP contribution in [-0.2, 0) is 0 Å². The second kappa shape index (κ2) is 5.59. The van der Waals surface area contributed by atoms with Gasteiger partial charge < -0.3 is 10.5 Å². The van der Waals surface area contributed by atoms with E-state index in [2.05, 4.69) is 15.9 Å². The lowest BCUT2D eigenvalue weighted by Gasteiger charge is -2.11. The third-order valence-corrected chi connectivity index (χ3v) is 3.07. The van der Waals surface area contributed by atoms with Gasteiger partial charge in [0.25, 0.3) is 0 Å². The number of ether oxygens (including phenoxy) is 1. The topological polar surface area (TPSA) is 59.1 Å². The van der Waals surface area contributed by atoms with Crippen LogP contribution in [0.5, 0.6) is 11.5 Å². The lowest BCUT2D eigenvalue weighted by molar-refractivity contribution is 0.441. The van der Waals surface area contributed by atoms with Crippen molar-refractivity contribution >= 4 is 33.4 Å². The molecular formula is C13H9BrClFN2O. The molecule has 0 aromatic heterocycles. The van der Waals surface area contributed by atoms with Crippen LogP contribution < -0.4 is 10.5 Å². The van der Waals surface area contributed by atoms with E-state index in [0.29, 0.717) is 15.1 Å². The summed E-state index contributed by atoms with van der Waals surface area (Å²) in [5.41, 5.74) is 5.76. The molecule has 0 spiro atoms. The van der Waals surface area contributed by atoms with E-state index in [1.54, 1.807) is 18.2 Å². The molecule has 0 saturated carbocycles. The highest BCUT2D eigenvalue weighted by Crippen LogP contribution is 2.30. The van der Waals surface area contributed by atoms with E-state index in [1.807, 2.05) is 0 Å². The normalized spacial score (nSPS) is 10.3. The van der Waals surface area contributed by atoms with E-state index in [9.17, 15) is 4.39 Å². The maximum absolute atomic E-state index is 13.7. The monoisotopic (exact) mass is 342 g/mol. The van der Waals surface area contributed by atoms with Gasteiger partial charge in [-0.1, -0.05) is 27.5 Å². The maximum atomic E-state index is 13.7. The third-order valence-electron chi connectivity index (χ3n) is 2.35. The Hall–Kier alpha value is -1.59. The van der Waals surface area contributed by atoms with Gasteiger partial charge >= 0.3 is 0 Å². The minimum Gasteiger partial charge on any atom is -0.454 e. The van der Waals surface area contributed by atoms with Gasteiger partial charge in [-0.15, -0.1) is 0 Å². The van der Waals surface area contributed by atoms with Crippen molar-refractivity contribution in [1.82, 2.24) is 0 Å². The molecule has 6 heteroatoms. The number of amidine groups is 1. The quantitative estimate of drug-likeness (QED) is 0.644. The molecule has 0 aliphatic heterocycles. The fourth-order valence-corrected chi connectivity index (χ4v) is 1.98. The van der Waals surface area contributed by atoms with Crippen molar-refractivity contribution in [2.45, 2.75) is 0 Å². The fraction of sp³-hybridized carbons (Fsp3) is 0. The van der Waals surface area contributed by atoms with Gasteiger partial charge in [0.1, 0.15) is 11.6 Å². The molecule has 2 aromatic rings. The number of hydrogen-bond donors (Lipinski definition) is 2. The van der Waals surface area contributed by atoms with Crippen molar-refractivity contribution in [1.29, 1.82) is 5.41 Å². The number of benzene rings is 2. The summed E-state index contributed by atoms with van der Waals surface area (Å²) in [5.74, 6) is -0.389. The Morgan fingerprint density at radius 2 is 1.89 bits per heavy atom. The smallest absolute Gasteiger partial charge is 0.166 e.